The lowest BCUT2D eigenvalue weighted by Gasteiger charge is -2.15. The number of aliphatic hydroxyl groups is 3. The van der Waals surface area contributed by atoms with Gasteiger partial charge in [0.05, 0.1) is 18.3 Å². The van der Waals surface area contributed by atoms with Gasteiger partial charge in [-0.2, -0.15) is 0 Å². The van der Waals surface area contributed by atoms with Crippen LogP contribution in [0.2, 0.25) is 0 Å². The Balaban J connectivity index is 2.29. The van der Waals surface area contributed by atoms with Crippen LogP contribution in [0.4, 0.5) is 0 Å². The van der Waals surface area contributed by atoms with Gasteiger partial charge in [-0.1, -0.05) is 0 Å². The fourth-order valence-electron chi connectivity index (χ4n) is 1.37. The first kappa shape index (κ1) is 8.93. The summed E-state index contributed by atoms with van der Waals surface area (Å²) in [5.74, 6) is 0. The van der Waals surface area contributed by atoms with Crippen LogP contribution >= 0.6 is 0 Å². The second-order valence-corrected chi connectivity index (χ2v) is 3.20. The van der Waals surface area contributed by atoms with Crippen LogP contribution in [0.1, 0.15) is 6.92 Å². The highest BCUT2D eigenvalue weighted by Gasteiger charge is 2.29. The summed E-state index contributed by atoms with van der Waals surface area (Å²) in [5.41, 5.74) is 0. The highest BCUT2D eigenvalue weighted by Crippen LogP contribution is 2.09. The van der Waals surface area contributed by atoms with E-state index in [4.69, 9.17) is 15.3 Å². The summed E-state index contributed by atoms with van der Waals surface area (Å²) in [4.78, 5) is 1.85. The van der Waals surface area contributed by atoms with Crippen molar-refractivity contribution in [3.8, 4) is 0 Å². The Kier molecular flexibility index (Phi) is 2.84. The summed E-state index contributed by atoms with van der Waals surface area (Å²) in [7, 11) is 0. The van der Waals surface area contributed by atoms with Crippen molar-refractivity contribution in [3.05, 3.63) is 0 Å². The molecule has 1 saturated heterocycles. The Labute approximate surface area is 66.1 Å². The minimum Gasteiger partial charge on any atom is -0.392 e. The van der Waals surface area contributed by atoms with Crippen molar-refractivity contribution in [2.45, 2.75) is 25.2 Å². The minimum absolute atomic E-state index is 0.396. The first-order chi connectivity index (χ1) is 5.09. The Morgan fingerprint density at radius 3 is 2.18 bits per heavy atom. The molecule has 0 aromatic carbocycles. The molecule has 0 radical (unpaired) electrons. The molecule has 0 saturated carbocycles. The molecule has 1 aliphatic heterocycles. The summed E-state index contributed by atoms with van der Waals surface area (Å²) in [6, 6.07) is 0. The third-order valence-electron chi connectivity index (χ3n) is 1.86. The largest absolute Gasteiger partial charge is 0.392 e. The fraction of sp³-hybridized carbons (Fsp3) is 1.00. The molecule has 1 heterocycles. The van der Waals surface area contributed by atoms with Crippen LogP contribution < -0.4 is 0 Å². The molecule has 0 aliphatic carbocycles. The van der Waals surface area contributed by atoms with E-state index >= 15 is 0 Å². The summed E-state index contributed by atoms with van der Waals surface area (Å²) in [5, 5.41) is 27.2. The molecule has 1 fully saturated rings. The van der Waals surface area contributed by atoms with Crippen molar-refractivity contribution in [2.24, 2.45) is 0 Å². The Morgan fingerprint density at radius 1 is 1.36 bits per heavy atom. The molecule has 0 bridgehead atoms. The second kappa shape index (κ2) is 3.49. The molecule has 0 aromatic rings. The van der Waals surface area contributed by atoms with Crippen LogP contribution in [0.5, 0.6) is 0 Å². The van der Waals surface area contributed by atoms with E-state index in [0.29, 0.717) is 19.6 Å². The van der Waals surface area contributed by atoms with Gasteiger partial charge >= 0.3 is 0 Å². The molecule has 0 aromatic heterocycles. The van der Waals surface area contributed by atoms with Crippen LogP contribution in [0.25, 0.3) is 0 Å². The Bertz CT molecular complexity index is 116. The molecule has 2 unspecified atom stereocenters. The van der Waals surface area contributed by atoms with Gasteiger partial charge in [0.15, 0.2) is 0 Å². The average molecular weight is 161 g/mol. The summed E-state index contributed by atoms with van der Waals surface area (Å²) < 4.78 is 0. The van der Waals surface area contributed by atoms with E-state index in [1.165, 1.54) is 0 Å². The molecule has 4 nitrogen and oxygen atoms in total. The van der Waals surface area contributed by atoms with E-state index in [0.717, 1.165) is 0 Å². The van der Waals surface area contributed by atoms with Gasteiger partial charge < -0.3 is 15.3 Å². The molecule has 3 N–H and O–H groups in total. The zero-order valence-electron chi connectivity index (χ0n) is 6.64. The zero-order valence-corrected chi connectivity index (χ0v) is 6.64. The topological polar surface area (TPSA) is 63.9 Å². The Morgan fingerprint density at radius 2 is 1.82 bits per heavy atom. The maximum absolute atomic E-state index is 9.11. The predicted octanol–water partition coefficient (Wildman–Crippen LogP) is -1.60. The smallest absolute Gasteiger partial charge is 0.0938 e. The minimum atomic E-state index is -0.645. The van der Waals surface area contributed by atoms with Gasteiger partial charge in [0, 0.05) is 19.6 Å². The quantitative estimate of drug-likeness (QED) is 0.456. The molecule has 1 rings (SSSR count). The van der Waals surface area contributed by atoms with Gasteiger partial charge in [0.2, 0.25) is 0 Å². The number of rotatable bonds is 2. The molecule has 66 valence electrons. The lowest BCUT2D eigenvalue weighted by atomic mass is 10.3. The summed E-state index contributed by atoms with van der Waals surface area (Å²) in [6.07, 6.45) is -1.69. The third kappa shape index (κ3) is 2.41. The second-order valence-electron chi connectivity index (χ2n) is 3.20. The van der Waals surface area contributed by atoms with Crippen molar-refractivity contribution >= 4 is 0 Å². The monoisotopic (exact) mass is 161 g/mol. The van der Waals surface area contributed by atoms with E-state index in [9.17, 15) is 0 Å². The van der Waals surface area contributed by atoms with E-state index in [1.807, 2.05) is 4.90 Å². The lowest BCUT2D eigenvalue weighted by Crippen LogP contribution is -2.29. The van der Waals surface area contributed by atoms with Gasteiger partial charge in [0.25, 0.3) is 0 Å². The Hall–Kier alpha value is -0.160. The van der Waals surface area contributed by atoms with E-state index in [-0.39, 0.29) is 0 Å². The number of hydrogen-bond donors (Lipinski definition) is 3. The fourth-order valence-corrected chi connectivity index (χ4v) is 1.37. The van der Waals surface area contributed by atoms with Crippen molar-refractivity contribution in [1.29, 1.82) is 0 Å². The maximum Gasteiger partial charge on any atom is 0.0938 e. The van der Waals surface area contributed by atoms with Crippen molar-refractivity contribution < 1.29 is 15.3 Å². The van der Waals surface area contributed by atoms with Gasteiger partial charge in [-0.3, -0.25) is 4.90 Å². The van der Waals surface area contributed by atoms with E-state index < -0.39 is 18.3 Å². The van der Waals surface area contributed by atoms with Crippen LogP contribution in [0.3, 0.4) is 0 Å². The predicted molar refractivity (Wildman–Crippen MR) is 40.1 cm³/mol. The molecular formula is C7H15NO3. The molecule has 0 spiro atoms. The van der Waals surface area contributed by atoms with Gasteiger partial charge in [0.1, 0.15) is 0 Å². The molecule has 1 aliphatic rings. The zero-order chi connectivity index (χ0) is 8.43. The maximum atomic E-state index is 9.11. The number of aliphatic hydroxyl groups excluding tert-OH is 3. The van der Waals surface area contributed by atoms with E-state index in [2.05, 4.69) is 0 Å². The van der Waals surface area contributed by atoms with Crippen molar-refractivity contribution in [1.82, 2.24) is 4.90 Å². The lowest BCUT2D eigenvalue weighted by molar-refractivity contribution is 0.0572. The number of likely N-dealkylation sites (tertiary alicyclic amines) is 1. The van der Waals surface area contributed by atoms with Crippen LogP contribution in [0, 0.1) is 0 Å². The summed E-state index contributed by atoms with van der Waals surface area (Å²) >= 11 is 0. The van der Waals surface area contributed by atoms with Crippen LogP contribution in [-0.2, 0) is 0 Å². The van der Waals surface area contributed by atoms with Crippen LogP contribution in [0.15, 0.2) is 0 Å². The molecular weight excluding hydrogens is 146 g/mol. The number of β-amino-alcohol motifs (C(OH)–C–C–N with tert-alkyl or cyclic N) is 3. The highest BCUT2D eigenvalue weighted by atomic mass is 16.3. The third-order valence-corrected chi connectivity index (χ3v) is 1.86. The first-order valence-corrected chi connectivity index (χ1v) is 3.86. The molecule has 0 amide bonds. The number of hydrogen-bond acceptors (Lipinski definition) is 4. The highest BCUT2D eigenvalue weighted by molar-refractivity contribution is 4.83. The average Bonchev–Trinajstić information content (AvgIpc) is 2.10. The van der Waals surface area contributed by atoms with Gasteiger partial charge in [-0.25, -0.2) is 0 Å². The summed E-state index contributed by atoms with van der Waals surface area (Å²) in [6.45, 7) is 3.14. The van der Waals surface area contributed by atoms with Gasteiger partial charge in [-0.05, 0) is 6.92 Å². The molecule has 4 heteroatoms. The van der Waals surface area contributed by atoms with Crippen molar-refractivity contribution in [2.75, 3.05) is 19.6 Å². The molecule has 3 atom stereocenters. The molecule has 11 heavy (non-hydrogen) atoms. The standard InChI is InChI=1S/C7H15NO3/c1-5(9)2-8-3-6(10)7(11)4-8/h5-7,9-11H,2-4H2,1H3/t5-,6?,7?/m0/s1. The van der Waals surface area contributed by atoms with Crippen LogP contribution in [-0.4, -0.2) is 58.2 Å². The van der Waals surface area contributed by atoms with E-state index in [1.54, 1.807) is 6.92 Å². The SMILES string of the molecule is C[C@H](O)CN1CC(O)C(O)C1. The number of nitrogens with zero attached hydrogens (tertiary/aromatic N) is 1. The van der Waals surface area contributed by atoms with Crippen molar-refractivity contribution in [3.63, 3.8) is 0 Å². The first-order valence-electron chi connectivity index (χ1n) is 3.86. The normalized spacial score (nSPS) is 36.0. The van der Waals surface area contributed by atoms with Gasteiger partial charge in [-0.15, -0.1) is 0 Å².